The van der Waals surface area contributed by atoms with E-state index in [1.54, 1.807) is 34.7 Å². The Morgan fingerprint density at radius 1 is 1.27 bits per heavy atom. The Morgan fingerprint density at radius 3 is 2.92 bits per heavy atom. The van der Waals surface area contributed by atoms with Crippen LogP contribution in [-0.4, -0.2) is 32.1 Å². The quantitative estimate of drug-likeness (QED) is 0.677. The molecule has 0 saturated carbocycles. The van der Waals surface area contributed by atoms with Gasteiger partial charge in [0.15, 0.2) is 5.69 Å². The molecule has 0 aliphatic carbocycles. The fourth-order valence-corrected chi connectivity index (χ4v) is 3.37. The highest BCUT2D eigenvalue weighted by Gasteiger charge is 2.23. The van der Waals surface area contributed by atoms with Crippen LogP contribution in [0.2, 0.25) is 0 Å². The molecule has 2 aromatic heterocycles. The second kappa shape index (κ2) is 6.23. The van der Waals surface area contributed by atoms with Crippen molar-refractivity contribution >= 4 is 16.8 Å². The number of nitrogens with zero attached hydrogens (tertiary/aromatic N) is 5. The van der Waals surface area contributed by atoms with Crippen LogP contribution in [0.3, 0.4) is 0 Å². The summed E-state index contributed by atoms with van der Waals surface area (Å²) in [6.45, 7) is 3.44. The molecule has 0 unspecified atom stereocenters. The third kappa shape index (κ3) is 2.80. The zero-order chi connectivity index (χ0) is 18.3. The average molecular weight is 349 g/mol. The maximum absolute atomic E-state index is 13.5. The van der Waals surface area contributed by atoms with E-state index in [4.69, 9.17) is 5.26 Å². The van der Waals surface area contributed by atoms with Crippen LogP contribution in [0.25, 0.3) is 10.9 Å². The lowest BCUT2D eigenvalue weighted by Crippen LogP contribution is -2.31. The second-order valence-electron chi connectivity index (χ2n) is 6.41. The summed E-state index contributed by atoms with van der Waals surface area (Å²) in [6, 6.07) is 9.78. The minimum Gasteiger partial charge on any atom is -0.333 e. The maximum Gasteiger partial charge on any atom is 0.254 e. The molecule has 7 heteroatoms. The Bertz CT molecular complexity index is 1060. The molecule has 1 aliphatic rings. The largest absolute Gasteiger partial charge is 0.333 e. The van der Waals surface area contributed by atoms with Gasteiger partial charge in [-0.2, -0.15) is 10.4 Å². The van der Waals surface area contributed by atoms with Crippen molar-refractivity contribution in [3.8, 4) is 6.07 Å². The Kier molecular flexibility index (Phi) is 3.88. The van der Waals surface area contributed by atoms with E-state index in [-0.39, 0.29) is 11.7 Å². The van der Waals surface area contributed by atoms with E-state index in [1.165, 1.54) is 12.1 Å². The van der Waals surface area contributed by atoms with Crippen LogP contribution >= 0.6 is 0 Å². The molecule has 0 spiro atoms. The number of hydrogen-bond acceptors (Lipinski definition) is 4. The van der Waals surface area contributed by atoms with Gasteiger partial charge >= 0.3 is 0 Å². The first kappa shape index (κ1) is 16.2. The van der Waals surface area contributed by atoms with Crippen molar-refractivity contribution in [3.05, 3.63) is 58.8 Å². The van der Waals surface area contributed by atoms with E-state index in [0.29, 0.717) is 47.5 Å². The normalized spacial score (nSPS) is 14.0. The van der Waals surface area contributed by atoms with E-state index in [0.717, 1.165) is 12.1 Å². The van der Waals surface area contributed by atoms with Crippen LogP contribution in [0.5, 0.6) is 0 Å². The first-order valence-corrected chi connectivity index (χ1v) is 8.38. The van der Waals surface area contributed by atoms with Gasteiger partial charge in [0.05, 0.1) is 23.3 Å². The summed E-state index contributed by atoms with van der Waals surface area (Å²) in [5, 5.41) is 13.9. The van der Waals surface area contributed by atoms with Crippen LogP contribution < -0.4 is 0 Å². The second-order valence-corrected chi connectivity index (χ2v) is 6.41. The molecule has 1 aromatic carbocycles. The summed E-state index contributed by atoms with van der Waals surface area (Å²) < 4.78 is 15.3. The third-order valence-corrected chi connectivity index (χ3v) is 4.55. The molecule has 0 saturated heterocycles. The van der Waals surface area contributed by atoms with Crippen LogP contribution in [0.15, 0.2) is 30.3 Å². The lowest BCUT2D eigenvalue weighted by Gasteiger charge is -2.21. The van der Waals surface area contributed by atoms with E-state index < -0.39 is 0 Å². The number of fused-ring (bicyclic) bond motifs is 2. The van der Waals surface area contributed by atoms with Gasteiger partial charge in [-0.05, 0) is 37.6 Å². The monoisotopic (exact) mass is 349 g/mol. The first-order valence-electron chi connectivity index (χ1n) is 8.38. The Morgan fingerprint density at radius 2 is 2.12 bits per heavy atom. The Balaban J connectivity index is 1.73. The molecule has 130 valence electrons. The number of rotatable bonds is 1. The fourth-order valence-electron chi connectivity index (χ4n) is 3.37. The van der Waals surface area contributed by atoms with Gasteiger partial charge in [-0.25, -0.2) is 4.39 Å². The van der Waals surface area contributed by atoms with Gasteiger partial charge in [0.2, 0.25) is 0 Å². The summed E-state index contributed by atoms with van der Waals surface area (Å²) in [5.74, 6) is -0.503. The van der Waals surface area contributed by atoms with Gasteiger partial charge in [0.25, 0.3) is 5.91 Å². The zero-order valence-electron chi connectivity index (χ0n) is 14.2. The third-order valence-electron chi connectivity index (χ3n) is 4.55. The molecule has 0 bridgehead atoms. The SMILES string of the molecule is Cc1cc(C(=O)N2CCCn3nc(C#N)cc3C2)c2ccc(F)cc2n1. The predicted molar refractivity (Wildman–Crippen MR) is 92.7 cm³/mol. The minimum atomic E-state index is -0.378. The average Bonchev–Trinajstić information content (AvgIpc) is 2.90. The Labute approximate surface area is 149 Å². The number of nitriles is 1. The molecule has 0 fully saturated rings. The molecule has 0 radical (unpaired) electrons. The van der Waals surface area contributed by atoms with Crippen LogP contribution in [-0.2, 0) is 13.1 Å². The molecule has 1 aliphatic heterocycles. The smallest absolute Gasteiger partial charge is 0.254 e. The molecule has 3 aromatic rings. The number of amides is 1. The molecular weight excluding hydrogens is 333 g/mol. The van der Waals surface area contributed by atoms with Crippen molar-refractivity contribution in [2.24, 2.45) is 0 Å². The van der Waals surface area contributed by atoms with Crippen molar-refractivity contribution in [3.63, 3.8) is 0 Å². The first-order chi connectivity index (χ1) is 12.5. The van der Waals surface area contributed by atoms with Gasteiger partial charge in [-0.15, -0.1) is 0 Å². The van der Waals surface area contributed by atoms with Crippen molar-refractivity contribution in [2.45, 2.75) is 26.4 Å². The van der Waals surface area contributed by atoms with E-state index >= 15 is 0 Å². The van der Waals surface area contributed by atoms with Gasteiger partial charge < -0.3 is 4.90 Å². The standard InChI is InChI=1S/C19H16FN5O/c1-12-7-17(16-4-3-13(20)8-18(16)22-12)19(26)24-5-2-6-25-15(11-24)9-14(10-21)23-25/h3-4,7-9H,2,5-6,11H2,1H3. The van der Waals surface area contributed by atoms with Gasteiger partial charge in [-0.1, -0.05) is 0 Å². The molecule has 4 rings (SSSR count). The number of carbonyl (C=O) groups excluding carboxylic acids is 1. The highest BCUT2D eigenvalue weighted by Crippen LogP contribution is 2.23. The number of hydrogen-bond donors (Lipinski definition) is 0. The van der Waals surface area contributed by atoms with E-state index in [9.17, 15) is 9.18 Å². The predicted octanol–water partition coefficient (Wildman–Crippen LogP) is 2.80. The summed E-state index contributed by atoms with van der Waals surface area (Å²) in [6.07, 6.45) is 0.752. The molecule has 0 atom stereocenters. The summed E-state index contributed by atoms with van der Waals surface area (Å²) in [7, 11) is 0. The topological polar surface area (TPSA) is 74.8 Å². The van der Waals surface area contributed by atoms with Crippen LogP contribution in [0, 0.1) is 24.1 Å². The molecule has 6 nitrogen and oxygen atoms in total. The minimum absolute atomic E-state index is 0.125. The zero-order valence-corrected chi connectivity index (χ0v) is 14.2. The van der Waals surface area contributed by atoms with Gasteiger partial charge in [0.1, 0.15) is 11.9 Å². The summed E-state index contributed by atoms with van der Waals surface area (Å²) in [4.78, 5) is 19.3. The number of carbonyl (C=O) groups is 1. The lowest BCUT2D eigenvalue weighted by atomic mass is 10.1. The molecule has 0 N–H and O–H groups in total. The highest BCUT2D eigenvalue weighted by molar-refractivity contribution is 6.06. The highest BCUT2D eigenvalue weighted by atomic mass is 19.1. The Hall–Kier alpha value is -3.27. The van der Waals surface area contributed by atoms with Crippen molar-refractivity contribution in [2.75, 3.05) is 6.54 Å². The molecular formula is C19H16FN5O. The molecule has 26 heavy (non-hydrogen) atoms. The number of pyridine rings is 1. The molecule has 3 heterocycles. The van der Waals surface area contributed by atoms with E-state index in [2.05, 4.69) is 10.1 Å². The van der Waals surface area contributed by atoms with Crippen molar-refractivity contribution < 1.29 is 9.18 Å². The number of benzene rings is 1. The number of halogens is 1. The summed E-state index contributed by atoms with van der Waals surface area (Å²) in [5.41, 5.74) is 2.85. The number of aromatic nitrogens is 3. The molecule has 1 amide bonds. The fraction of sp³-hybridized carbons (Fsp3) is 0.263. The van der Waals surface area contributed by atoms with Gasteiger partial charge in [0, 0.05) is 30.2 Å². The maximum atomic E-state index is 13.5. The van der Waals surface area contributed by atoms with Crippen LogP contribution in [0.4, 0.5) is 4.39 Å². The van der Waals surface area contributed by atoms with E-state index in [1.807, 2.05) is 6.07 Å². The van der Waals surface area contributed by atoms with Crippen molar-refractivity contribution in [1.29, 1.82) is 5.26 Å². The van der Waals surface area contributed by atoms with Gasteiger partial charge in [-0.3, -0.25) is 14.5 Å². The lowest BCUT2D eigenvalue weighted by molar-refractivity contribution is 0.0747. The summed E-state index contributed by atoms with van der Waals surface area (Å²) >= 11 is 0. The van der Waals surface area contributed by atoms with Crippen molar-refractivity contribution in [1.82, 2.24) is 19.7 Å². The van der Waals surface area contributed by atoms with Crippen LogP contribution in [0.1, 0.15) is 33.9 Å². The number of aryl methyl sites for hydroxylation is 2.